The van der Waals surface area contributed by atoms with Gasteiger partial charge in [0.2, 0.25) is 0 Å². The summed E-state index contributed by atoms with van der Waals surface area (Å²) in [5.41, 5.74) is 14.6. The zero-order valence-corrected chi connectivity index (χ0v) is 30.1. The van der Waals surface area contributed by atoms with Gasteiger partial charge in [-0.2, -0.15) is 0 Å². The fourth-order valence-corrected chi connectivity index (χ4v) is 9.14. The highest BCUT2D eigenvalue weighted by molar-refractivity contribution is 6.05. The maximum Gasteiger partial charge on any atom is 0.135 e. The third-order valence-electron chi connectivity index (χ3n) is 11.6. The van der Waals surface area contributed by atoms with Crippen molar-refractivity contribution in [3.63, 3.8) is 0 Å². The molecular weight excluding hydrogens is 667 g/mol. The number of hydrogen-bond acceptors (Lipinski definition) is 2. The summed E-state index contributed by atoms with van der Waals surface area (Å²) < 4.78 is 6.32. The van der Waals surface area contributed by atoms with Gasteiger partial charge in [-0.15, -0.1) is 0 Å². The average molecular weight is 702 g/mol. The zero-order valence-electron chi connectivity index (χ0n) is 30.1. The molecule has 55 heavy (non-hydrogen) atoms. The summed E-state index contributed by atoms with van der Waals surface area (Å²) >= 11 is 0. The molecule has 0 radical (unpaired) electrons. The Balaban J connectivity index is 1.08. The Morgan fingerprint density at radius 1 is 0.345 bits per heavy atom. The summed E-state index contributed by atoms with van der Waals surface area (Å²) in [4.78, 5) is 2.35. The van der Waals surface area contributed by atoms with Crippen molar-refractivity contribution in [2.45, 2.75) is 5.41 Å². The van der Waals surface area contributed by atoms with E-state index in [1.165, 1.54) is 55.3 Å². The predicted octanol–water partition coefficient (Wildman–Crippen LogP) is 14.2. The van der Waals surface area contributed by atoms with Gasteiger partial charge in [-0.3, -0.25) is 0 Å². The van der Waals surface area contributed by atoms with Gasteiger partial charge in [0.1, 0.15) is 11.2 Å². The molecule has 0 saturated carbocycles. The van der Waals surface area contributed by atoms with Gasteiger partial charge in [0, 0.05) is 27.8 Å². The lowest BCUT2D eigenvalue weighted by atomic mass is 9.67. The Morgan fingerprint density at radius 3 is 1.62 bits per heavy atom. The largest absolute Gasteiger partial charge is 0.456 e. The first-order valence-corrected chi connectivity index (χ1v) is 18.9. The van der Waals surface area contributed by atoms with Crippen LogP contribution in [0, 0.1) is 0 Å². The minimum Gasteiger partial charge on any atom is -0.456 e. The van der Waals surface area contributed by atoms with Gasteiger partial charge in [0.25, 0.3) is 0 Å². The van der Waals surface area contributed by atoms with Crippen LogP contribution in [0.3, 0.4) is 0 Å². The molecule has 10 aromatic rings. The maximum absolute atomic E-state index is 6.32. The van der Waals surface area contributed by atoms with Gasteiger partial charge in [-0.05, 0) is 110 Å². The second-order valence-electron chi connectivity index (χ2n) is 14.4. The van der Waals surface area contributed by atoms with E-state index in [1.807, 2.05) is 6.07 Å². The lowest BCUT2D eigenvalue weighted by molar-refractivity contribution is 0.668. The van der Waals surface area contributed by atoms with Gasteiger partial charge in [0.05, 0.1) is 5.41 Å². The van der Waals surface area contributed by atoms with Gasteiger partial charge in [0.15, 0.2) is 0 Å². The molecule has 0 N–H and O–H groups in total. The number of hydrogen-bond donors (Lipinski definition) is 0. The number of nitrogens with zero attached hydrogens (tertiary/aromatic N) is 1. The van der Waals surface area contributed by atoms with Crippen LogP contribution in [0.15, 0.2) is 217 Å². The van der Waals surface area contributed by atoms with E-state index < -0.39 is 5.41 Å². The van der Waals surface area contributed by atoms with Crippen molar-refractivity contribution >= 4 is 49.8 Å². The molecular formula is C53H35NO. The quantitative estimate of drug-likeness (QED) is 0.172. The number of para-hydroxylation sites is 2. The molecule has 1 aromatic heterocycles. The van der Waals surface area contributed by atoms with Crippen LogP contribution in [0.25, 0.3) is 55.0 Å². The minimum absolute atomic E-state index is 0.532. The standard InChI is InChI=1S/C53H35NO/c1-2-15-40(16-3-1)54(41-30-25-37(26-31-41)44-21-12-14-36-13-4-5-17-43(36)44)42-32-27-38(28-33-42)53(49-22-9-6-18-45(49)46-19-7-10-23-50(46)53)39-29-34-52-48(35-39)47-20-8-11-24-51(47)55-52/h1-35H. The van der Waals surface area contributed by atoms with E-state index in [2.05, 4.69) is 211 Å². The van der Waals surface area contributed by atoms with Crippen molar-refractivity contribution in [2.75, 3.05) is 4.90 Å². The second-order valence-corrected chi connectivity index (χ2v) is 14.4. The fraction of sp³-hybridized carbons (Fsp3) is 0.0189. The molecule has 258 valence electrons. The van der Waals surface area contributed by atoms with E-state index in [-0.39, 0.29) is 0 Å². The van der Waals surface area contributed by atoms with Crippen molar-refractivity contribution in [1.29, 1.82) is 0 Å². The van der Waals surface area contributed by atoms with Crippen LogP contribution in [0.1, 0.15) is 22.3 Å². The summed E-state index contributed by atoms with van der Waals surface area (Å²) in [7, 11) is 0. The third-order valence-corrected chi connectivity index (χ3v) is 11.6. The van der Waals surface area contributed by atoms with Gasteiger partial charge >= 0.3 is 0 Å². The predicted molar refractivity (Wildman–Crippen MR) is 229 cm³/mol. The number of furan rings is 1. The topological polar surface area (TPSA) is 16.4 Å². The molecule has 1 heterocycles. The maximum atomic E-state index is 6.32. The molecule has 2 nitrogen and oxygen atoms in total. The van der Waals surface area contributed by atoms with Gasteiger partial charge in [-0.1, -0.05) is 158 Å². The van der Waals surface area contributed by atoms with E-state index >= 15 is 0 Å². The molecule has 0 fully saturated rings. The molecule has 0 bridgehead atoms. The molecule has 0 aliphatic heterocycles. The highest BCUT2D eigenvalue weighted by Gasteiger charge is 2.46. The fourth-order valence-electron chi connectivity index (χ4n) is 9.14. The van der Waals surface area contributed by atoms with Crippen molar-refractivity contribution in [3.05, 3.63) is 235 Å². The van der Waals surface area contributed by atoms with Crippen LogP contribution in [0.2, 0.25) is 0 Å². The Kier molecular flexibility index (Phi) is 7.11. The Bertz CT molecular complexity index is 2980. The van der Waals surface area contributed by atoms with Crippen molar-refractivity contribution < 1.29 is 4.42 Å². The van der Waals surface area contributed by atoms with Crippen LogP contribution in [0.4, 0.5) is 17.1 Å². The first-order valence-electron chi connectivity index (χ1n) is 18.9. The summed E-state index contributed by atoms with van der Waals surface area (Å²) in [5, 5.41) is 4.78. The first-order chi connectivity index (χ1) is 27.3. The molecule has 0 unspecified atom stereocenters. The lowest BCUT2D eigenvalue weighted by Gasteiger charge is -2.34. The third kappa shape index (κ3) is 4.82. The van der Waals surface area contributed by atoms with Crippen LogP contribution in [-0.2, 0) is 5.41 Å². The Hall–Kier alpha value is -7.16. The zero-order chi connectivity index (χ0) is 36.3. The van der Waals surface area contributed by atoms with Crippen LogP contribution in [-0.4, -0.2) is 0 Å². The summed E-state index contributed by atoms with van der Waals surface area (Å²) in [6, 6.07) is 77.0. The molecule has 1 aliphatic rings. The molecule has 0 amide bonds. The van der Waals surface area contributed by atoms with E-state index in [0.29, 0.717) is 0 Å². The Morgan fingerprint density at radius 2 is 0.873 bits per heavy atom. The smallest absolute Gasteiger partial charge is 0.135 e. The van der Waals surface area contributed by atoms with Crippen LogP contribution in [0.5, 0.6) is 0 Å². The van der Waals surface area contributed by atoms with Crippen LogP contribution < -0.4 is 4.90 Å². The van der Waals surface area contributed by atoms with Gasteiger partial charge in [-0.25, -0.2) is 0 Å². The summed E-state index contributed by atoms with van der Waals surface area (Å²) in [5.74, 6) is 0. The van der Waals surface area contributed by atoms with Crippen LogP contribution >= 0.6 is 0 Å². The lowest BCUT2D eigenvalue weighted by Crippen LogP contribution is -2.28. The number of anilines is 3. The summed E-state index contributed by atoms with van der Waals surface area (Å²) in [6.07, 6.45) is 0. The first kappa shape index (κ1) is 31.4. The van der Waals surface area contributed by atoms with Crippen molar-refractivity contribution in [2.24, 2.45) is 0 Å². The molecule has 9 aromatic carbocycles. The molecule has 0 atom stereocenters. The minimum atomic E-state index is -0.532. The summed E-state index contributed by atoms with van der Waals surface area (Å²) in [6.45, 7) is 0. The molecule has 1 aliphatic carbocycles. The van der Waals surface area contributed by atoms with E-state index in [1.54, 1.807) is 0 Å². The highest BCUT2D eigenvalue weighted by atomic mass is 16.3. The molecule has 0 saturated heterocycles. The van der Waals surface area contributed by atoms with Gasteiger partial charge < -0.3 is 9.32 Å². The SMILES string of the molecule is c1ccc(N(c2ccc(-c3cccc4ccccc34)cc2)c2ccc(C3(c4ccc5oc6ccccc6c5c4)c4ccccc4-c4ccccc43)cc2)cc1. The molecule has 0 spiro atoms. The number of rotatable bonds is 6. The average Bonchev–Trinajstić information content (AvgIpc) is 3.78. The monoisotopic (exact) mass is 701 g/mol. The Labute approximate surface area is 320 Å². The molecule has 11 rings (SSSR count). The second kappa shape index (κ2) is 12.5. The highest BCUT2D eigenvalue weighted by Crippen LogP contribution is 2.56. The van der Waals surface area contributed by atoms with Crippen molar-refractivity contribution in [3.8, 4) is 22.3 Å². The number of fused-ring (bicyclic) bond motifs is 7. The van der Waals surface area contributed by atoms with E-state index in [0.717, 1.165) is 39.0 Å². The molecule has 2 heteroatoms. The van der Waals surface area contributed by atoms with E-state index in [4.69, 9.17) is 4.42 Å². The normalized spacial score (nSPS) is 12.9. The van der Waals surface area contributed by atoms with E-state index in [9.17, 15) is 0 Å². The van der Waals surface area contributed by atoms with Crippen molar-refractivity contribution in [1.82, 2.24) is 0 Å². The number of benzene rings is 9.